The highest BCUT2D eigenvalue weighted by Gasteiger charge is 2.51. The number of nitrogens with one attached hydrogen (secondary N) is 1. The van der Waals surface area contributed by atoms with Crippen molar-refractivity contribution in [1.29, 1.82) is 0 Å². The number of aliphatic hydroxyl groups excluding tert-OH is 2. The van der Waals surface area contributed by atoms with Gasteiger partial charge >= 0.3 is 11.9 Å². The van der Waals surface area contributed by atoms with Gasteiger partial charge in [-0.15, -0.1) is 0 Å². The molecule has 0 aromatic heterocycles. The van der Waals surface area contributed by atoms with Gasteiger partial charge in [0.1, 0.15) is 34.0 Å². The van der Waals surface area contributed by atoms with E-state index in [0.29, 0.717) is 37.5 Å². The minimum absolute atomic E-state index is 0.0155. The van der Waals surface area contributed by atoms with Crippen LogP contribution in [0.4, 0.5) is 10.5 Å². The molecular weight excluding hydrogens is 921 g/mol. The van der Waals surface area contributed by atoms with Crippen molar-refractivity contribution in [3.8, 4) is 17.2 Å². The van der Waals surface area contributed by atoms with Crippen molar-refractivity contribution in [3.05, 3.63) is 58.0 Å². The number of benzene rings is 2. The largest absolute Gasteiger partial charge is 0.507 e. The number of carbonyl (C=O) groups is 3. The summed E-state index contributed by atoms with van der Waals surface area (Å²) in [5.41, 5.74) is -0.0829. The van der Waals surface area contributed by atoms with E-state index < -0.39 is 83.1 Å². The molecular formula is C55H78N6O11. The molecule has 17 heteroatoms. The molecule has 3 fully saturated rings. The van der Waals surface area contributed by atoms with Gasteiger partial charge < -0.3 is 59.4 Å². The first kappa shape index (κ1) is 53.2. The Balaban J connectivity index is 1.21. The standard InChI is InChI=1S/C55H78N6O11/c1-30(2)28-60-25-20-55(21-26-60)57-41-38-39-46(64)36(8)49-40(38)50(66)53(9,72-49)70-27-16-37(69-11)33(5)48(71-52(68)61-22-13-17-54(29-61)18-23-59(10)24-19-54)35(7)45(63)34(6)44(62)31(3)14-12-15-32(4)51(67)56-43(47(39)65)42(41)58-55/h12,14-16,27,30-31,33-35,37,44-45,48,57,62-65H,13,17-26,28-29H2,1-11H3/b14-12+,27-16+,32-15-,56-43?/t31-,33+,34+,35+,37-,44-,45+,48+,53-/m0/s1. The fourth-order valence-electron chi connectivity index (χ4n) is 12.1. The number of rotatable bonds is 4. The van der Waals surface area contributed by atoms with Crippen molar-refractivity contribution in [2.45, 2.75) is 137 Å². The Morgan fingerprint density at radius 2 is 1.60 bits per heavy atom. The normalized spacial score (nSPS) is 32.9. The summed E-state index contributed by atoms with van der Waals surface area (Å²) in [6, 6.07) is 0. The Bertz CT molecular complexity index is 2650. The molecule has 2 amide bonds. The summed E-state index contributed by atoms with van der Waals surface area (Å²) in [5, 5.41) is 51.7. The Hall–Kier alpha value is -5.07. The van der Waals surface area contributed by atoms with Gasteiger partial charge in [-0.3, -0.25) is 14.6 Å². The van der Waals surface area contributed by atoms with Gasteiger partial charge in [0.05, 0.1) is 41.2 Å². The summed E-state index contributed by atoms with van der Waals surface area (Å²) in [6.07, 6.45) is 8.54. The quantitative estimate of drug-likeness (QED) is 0.218. The third-order valence-corrected chi connectivity index (χ3v) is 16.8. The average molecular weight is 999 g/mol. The zero-order valence-electron chi connectivity index (χ0n) is 44.2. The van der Waals surface area contributed by atoms with E-state index in [4.69, 9.17) is 23.9 Å². The van der Waals surface area contributed by atoms with E-state index in [2.05, 4.69) is 41.0 Å². The molecule has 72 heavy (non-hydrogen) atoms. The molecule has 7 aliphatic rings. The summed E-state index contributed by atoms with van der Waals surface area (Å²) in [7, 11) is 3.63. The molecule has 0 saturated carbocycles. The van der Waals surface area contributed by atoms with E-state index >= 15 is 0 Å². The number of phenolic OH excluding ortho intramolecular Hbond substituents is 2. The molecule has 2 spiro atoms. The van der Waals surface area contributed by atoms with Crippen LogP contribution in [0, 0.1) is 41.9 Å². The van der Waals surface area contributed by atoms with E-state index in [9.17, 15) is 34.8 Å². The fraction of sp³-hybridized carbons (Fsp3) is 0.655. The molecule has 3 saturated heterocycles. The molecule has 0 aliphatic carbocycles. The van der Waals surface area contributed by atoms with E-state index in [1.165, 1.54) is 20.3 Å². The second-order valence-electron chi connectivity index (χ2n) is 22.6. The predicted octanol–water partition coefficient (Wildman–Crippen LogP) is 6.13. The van der Waals surface area contributed by atoms with E-state index in [0.717, 1.165) is 58.4 Å². The van der Waals surface area contributed by atoms with Crippen LogP contribution in [-0.4, -0.2) is 149 Å². The van der Waals surface area contributed by atoms with Gasteiger partial charge in [-0.25, -0.2) is 9.79 Å². The highest BCUT2D eigenvalue weighted by molar-refractivity contribution is 6.21. The maximum atomic E-state index is 15.0. The number of piperidine rings is 3. The summed E-state index contributed by atoms with van der Waals surface area (Å²) in [4.78, 5) is 59.5. The van der Waals surface area contributed by atoms with Crippen LogP contribution < -0.4 is 20.8 Å². The number of allylic oxidation sites excluding steroid dienone is 2. The van der Waals surface area contributed by atoms with Crippen molar-refractivity contribution < 1.29 is 53.8 Å². The first-order valence-electron chi connectivity index (χ1n) is 26.1. The first-order chi connectivity index (χ1) is 34.0. The third-order valence-electron chi connectivity index (χ3n) is 16.8. The van der Waals surface area contributed by atoms with Crippen LogP contribution in [0.2, 0.25) is 0 Å². The molecule has 7 aliphatic heterocycles. The van der Waals surface area contributed by atoms with Gasteiger partial charge in [-0.1, -0.05) is 59.8 Å². The number of likely N-dealkylation sites (tertiary alicyclic amines) is 3. The number of hydrogen-bond donors (Lipinski definition) is 5. The number of aromatic hydroxyl groups is 2. The minimum Gasteiger partial charge on any atom is -0.507 e. The highest BCUT2D eigenvalue weighted by atomic mass is 16.7. The van der Waals surface area contributed by atoms with Crippen molar-refractivity contribution in [1.82, 2.24) is 14.7 Å². The van der Waals surface area contributed by atoms with Gasteiger partial charge in [-0.05, 0) is 77.1 Å². The molecule has 7 heterocycles. The number of carbonyl (C=O) groups excluding carboxylic acids is 3. The van der Waals surface area contributed by atoms with Crippen LogP contribution in [0.15, 0.2) is 46.1 Å². The Labute approximate surface area is 423 Å². The second-order valence-corrected chi connectivity index (χ2v) is 22.6. The van der Waals surface area contributed by atoms with Crippen molar-refractivity contribution >= 4 is 34.2 Å². The molecule has 394 valence electrons. The lowest BCUT2D eigenvalue weighted by atomic mass is 9.72. The Morgan fingerprint density at radius 3 is 2.26 bits per heavy atom. The van der Waals surface area contributed by atoms with E-state index in [-0.39, 0.29) is 55.1 Å². The number of amides is 2. The molecule has 0 unspecified atom stereocenters. The zero-order valence-corrected chi connectivity index (χ0v) is 44.2. The topological polar surface area (TPSA) is 216 Å². The highest BCUT2D eigenvalue weighted by Crippen LogP contribution is 2.51. The Kier molecular flexibility index (Phi) is 15.3. The van der Waals surface area contributed by atoms with Crippen molar-refractivity contribution in [2.24, 2.45) is 45.0 Å². The van der Waals surface area contributed by atoms with Gasteiger partial charge in [0.2, 0.25) is 0 Å². The number of anilines is 1. The number of Topliss-reactive ketones (excluding diaryl/α,β-unsaturated/α-hetero) is 1. The lowest BCUT2D eigenvalue weighted by Crippen LogP contribution is -2.53. The van der Waals surface area contributed by atoms with Crippen LogP contribution >= 0.6 is 0 Å². The van der Waals surface area contributed by atoms with Gasteiger partial charge in [-0.2, -0.15) is 0 Å². The molecule has 2 aromatic carbocycles. The molecule has 17 nitrogen and oxygen atoms in total. The molecule has 9 atom stereocenters. The van der Waals surface area contributed by atoms with Gasteiger partial charge in [0.25, 0.3) is 11.7 Å². The predicted molar refractivity (Wildman–Crippen MR) is 272 cm³/mol. The first-order valence-corrected chi connectivity index (χ1v) is 26.1. The second kappa shape index (κ2) is 20.7. The molecule has 5 N–H and O–H groups in total. The Morgan fingerprint density at radius 1 is 0.903 bits per heavy atom. The van der Waals surface area contributed by atoms with Gasteiger partial charge in [0, 0.05) is 99.8 Å². The molecule has 2 aromatic rings. The van der Waals surface area contributed by atoms with Crippen LogP contribution in [0.5, 0.6) is 17.2 Å². The molecule has 0 radical (unpaired) electrons. The van der Waals surface area contributed by atoms with Crippen LogP contribution in [0.1, 0.15) is 110 Å². The summed E-state index contributed by atoms with van der Waals surface area (Å²) in [5.74, 6) is -6.11. The van der Waals surface area contributed by atoms with Crippen molar-refractivity contribution in [2.75, 3.05) is 65.3 Å². The lowest BCUT2D eigenvalue weighted by molar-refractivity contribution is -0.114. The number of ether oxygens (including phenoxy) is 4. The van der Waals surface area contributed by atoms with Crippen molar-refractivity contribution in [3.63, 3.8) is 0 Å². The number of nitrogens with zero attached hydrogens (tertiary/aromatic N) is 5. The number of aliphatic hydroxyl groups is 2. The summed E-state index contributed by atoms with van der Waals surface area (Å²) in [6.45, 7) is 21.6. The number of hydrogen-bond acceptors (Lipinski definition) is 15. The minimum atomic E-state index is -1.97. The molecule has 9 rings (SSSR count). The maximum absolute atomic E-state index is 15.0. The van der Waals surface area contributed by atoms with E-state index in [1.807, 2.05) is 13.8 Å². The number of ketones is 1. The van der Waals surface area contributed by atoms with Crippen LogP contribution in [-0.2, 0) is 19.0 Å². The number of methoxy groups -OCH3 is 1. The fourth-order valence-corrected chi connectivity index (χ4v) is 12.1. The summed E-state index contributed by atoms with van der Waals surface area (Å²) < 4.78 is 25.2. The monoisotopic (exact) mass is 999 g/mol. The van der Waals surface area contributed by atoms with Crippen LogP contribution in [0.3, 0.4) is 0 Å². The molecule has 5 bridgehead atoms. The maximum Gasteiger partial charge on any atom is 0.410 e. The zero-order chi connectivity index (χ0) is 52.2. The lowest BCUT2D eigenvalue weighted by Gasteiger charge is -2.47. The number of phenols is 2. The van der Waals surface area contributed by atoms with E-state index in [1.54, 1.807) is 56.9 Å². The smallest absolute Gasteiger partial charge is 0.410 e. The van der Waals surface area contributed by atoms with Gasteiger partial charge in [0.15, 0.2) is 5.75 Å². The third kappa shape index (κ3) is 10.00. The average Bonchev–Trinajstić information content (AvgIpc) is 3.85. The van der Waals surface area contributed by atoms with Crippen LogP contribution in [0.25, 0.3) is 10.8 Å². The SMILES string of the molecule is CO[C@H]1/C=C/O[C@@]2(C)Oc3c(C)c(O)c4c(O)c(c5c(c4c3C2=O)NC2(CCN(CC(C)C)CC2)N=5)=NC(=O)/C(C)=C\C=C\[C@H](C)[C@H](O)[C@@H](C)[C@@H](O)[C@@H](C)[C@H](OC(=O)N2CCCC3(CCN(C)CC3)C2)[C@@H]1C. The number of fused-ring (bicyclic) bond motifs is 13. The summed E-state index contributed by atoms with van der Waals surface area (Å²) >= 11 is 0.